The molecule has 1 aliphatic heterocycles. The summed E-state index contributed by atoms with van der Waals surface area (Å²) in [4.78, 5) is 22.2. The molecule has 1 unspecified atom stereocenters. The number of amides is 1. The fourth-order valence-electron chi connectivity index (χ4n) is 4.66. The summed E-state index contributed by atoms with van der Waals surface area (Å²) in [6, 6.07) is 6.33. The molecule has 1 aromatic carbocycles. The molecule has 3 rings (SSSR count). The molecule has 1 aliphatic carbocycles. The third-order valence-corrected chi connectivity index (χ3v) is 6.33. The number of nitrogens with zero attached hydrogens (tertiary/aromatic N) is 3. The lowest BCUT2D eigenvalue weighted by molar-refractivity contribution is -0.131. The van der Waals surface area contributed by atoms with E-state index in [0.29, 0.717) is 24.8 Å². The molecular formula is C26H36N4O2. The predicted molar refractivity (Wildman–Crippen MR) is 132 cm³/mol. The molecule has 6 heteroatoms. The van der Waals surface area contributed by atoms with Crippen molar-refractivity contribution >= 4 is 17.4 Å². The SMILES string of the molecule is C=CCC1CN(C2CCCC2)C(=N/C(=C)Nc2ccc(C)cc2OC)/C(=C\C)N(C)C1=O. The van der Waals surface area contributed by atoms with Crippen molar-refractivity contribution in [1.29, 1.82) is 0 Å². The minimum absolute atomic E-state index is 0.102. The highest BCUT2D eigenvalue weighted by Crippen LogP contribution is 2.31. The molecular weight excluding hydrogens is 400 g/mol. The maximum absolute atomic E-state index is 13.2. The van der Waals surface area contributed by atoms with E-state index < -0.39 is 0 Å². The number of methoxy groups -OCH3 is 1. The van der Waals surface area contributed by atoms with E-state index in [1.54, 1.807) is 12.0 Å². The summed E-state index contributed by atoms with van der Waals surface area (Å²) < 4.78 is 5.52. The van der Waals surface area contributed by atoms with Crippen LogP contribution in [0.15, 0.2) is 60.0 Å². The van der Waals surface area contributed by atoms with E-state index in [0.717, 1.165) is 41.4 Å². The minimum atomic E-state index is -0.140. The van der Waals surface area contributed by atoms with E-state index in [2.05, 4.69) is 23.4 Å². The molecule has 6 nitrogen and oxygen atoms in total. The molecule has 1 atom stereocenters. The Morgan fingerprint density at radius 2 is 2.06 bits per heavy atom. The number of likely N-dealkylation sites (N-methyl/N-ethyl adjacent to an activating group) is 1. The lowest BCUT2D eigenvalue weighted by Gasteiger charge is -2.32. The molecule has 2 aliphatic rings. The molecule has 0 aromatic heterocycles. The van der Waals surface area contributed by atoms with Gasteiger partial charge in [-0.05, 0) is 50.8 Å². The largest absolute Gasteiger partial charge is 0.495 e. The normalized spacial score (nSPS) is 22.4. The van der Waals surface area contributed by atoms with Crippen LogP contribution in [-0.2, 0) is 4.79 Å². The number of carbonyl (C=O) groups is 1. The average molecular weight is 437 g/mol. The van der Waals surface area contributed by atoms with Gasteiger partial charge in [-0.1, -0.05) is 37.6 Å². The predicted octanol–water partition coefficient (Wildman–Crippen LogP) is 5.10. The van der Waals surface area contributed by atoms with Crippen LogP contribution < -0.4 is 10.1 Å². The second kappa shape index (κ2) is 10.5. The number of nitrogens with one attached hydrogen (secondary N) is 1. The van der Waals surface area contributed by atoms with Gasteiger partial charge in [-0.2, -0.15) is 0 Å². The van der Waals surface area contributed by atoms with Gasteiger partial charge in [-0.25, -0.2) is 4.99 Å². The van der Waals surface area contributed by atoms with Crippen LogP contribution in [0.5, 0.6) is 5.75 Å². The molecule has 0 bridgehead atoms. The van der Waals surface area contributed by atoms with Crippen molar-refractivity contribution in [2.24, 2.45) is 10.9 Å². The first-order valence-corrected chi connectivity index (χ1v) is 11.4. The van der Waals surface area contributed by atoms with Gasteiger partial charge in [0.05, 0.1) is 24.4 Å². The Hall–Kier alpha value is -3.02. The highest BCUT2D eigenvalue weighted by atomic mass is 16.5. The third kappa shape index (κ3) is 5.06. The highest BCUT2D eigenvalue weighted by molar-refractivity contribution is 6.04. The molecule has 1 heterocycles. The Kier molecular flexibility index (Phi) is 7.78. The number of anilines is 1. The smallest absolute Gasteiger partial charge is 0.232 e. The van der Waals surface area contributed by atoms with Crippen LogP contribution in [0, 0.1) is 12.8 Å². The van der Waals surface area contributed by atoms with E-state index in [1.807, 2.05) is 51.2 Å². The first-order chi connectivity index (χ1) is 15.4. The number of rotatable bonds is 7. The Bertz CT molecular complexity index is 928. The van der Waals surface area contributed by atoms with Gasteiger partial charge >= 0.3 is 0 Å². The van der Waals surface area contributed by atoms with Crippen LogP contribution in [0.25, 0.3) is 0 Å². The molecule has 1 saturated heterocycles. The fraction of sp³-hybridized carbons (Fsp3) is 0.462. The first kappa shape index (κ1) is 23.6. The van der Waals surface area contributed by atoms with Crippen molar-refractivity contribution in [3.8, 4) is 5.75 Å². The van der Waals surface area contributed by atoms with Crippen molar-refractivity contribution in [1.82, 2.24) is 9.80 Å². The van der Waals surface area contributed by atoms with Gasteiger partial charge in [0.25, 0.3) is 0 Å². The number of ether oxygens (including phenoxy) is 1. The fourth-order valence-corrected chi connectivity index (χ4v) is 4.66. The summed E-state index contributed by atoms with van der Waals surface area (Å²) in [6.07, 6.45) is 9.08. The number of carbonyl (C=O) groups excluding carboxylic acids is 1. The second-order valence-electron chi connectivity index (χ2n) is 8.59. The van der Waals surface area contributed by atoms with Crippen LogP contribution in [-0.4, -0.2) is 48.3 Å². The van der Waals surface area contributed by atoms with Crippen molar-refractivity contribution in [2.75, 3.05) is 26.0 Å². The number of aliphatic imine (C=N–C) groups is 1. The molecule has 1 N–H and O–H groups in total. The molecule has 32 heavy (non-hydrogen) atoms. The van der Waals surface area contributed by atoms with Crippen molar-refractivity contribution in [3.05, 3.63) is 60.6 Å². The summed E-state index contributed by atoms with van der Waals surface area (Å²) in [5, 5.41) is 3.29. The summed E-state index contributed by atoms with van der Waals surface area (Å²) in [5.41, 5.74) is 2.74. The molecule has 172 valence electrons. The maximum Gasteiger partial charge on any atom is 0.232 e. The molecule has 0 spiro atoms. The summed E-state index contributed by atoms with van der Waals surface area (Å²) in [5.74, 6) is 2.01. The Morgan fingerprint density at radius 1 is 1.34 bits per heavy atom. The van der Waals surface area contributed by atoms with Crippen LogP contribution in [0.1, 0.15) is 44.6 Å². The van der Waals surface area contributed by atoms with Gasteiger partial charge in [0.15, 0.2) is 5.84 Å². The Balaban J connectivity index is 2.00. The monoisotopic (exact) mass is 436 g/mol. The zero-order valence-electron chi connectivity index (χ0n) is 19.9. The van der Waals surface area contributed by atoms with Crippen molar-refractivity contribution < 1.29 is 9.53 Å². The third-order valence-electron chi connectivity index (χ3n) is 6.33. The van der Waals surface area contributed by atoms with E-state index in [1.165, 1.54) is 12.8 Å². The molecule has 1 saturated carbocycles. The van der Waals surface area contributed by atoms with Crippen molar-refractivity contribution in [2.45, 2.75) is 52.0 Å². The summed E-state index contributed by atoms with van der Waals surface area (Å²) in [7, 11) is 3.49. The first-order valence-electron chi connectivity index (χ1n) is 11.4. The number of hydrogen-bond acceptors (Lipinski definition) is 4. The van der Waals surface area contributed by atoms with Crippen LogP contribution in [0.4, 0.5) is 5.69 Å². The quantitative estimate of drug-likeness (QED) is 0.605. The van der Waals surface area contributed by atoms with E-state index in [9.17, 15) is 4.79 Å². The zero-order valence-corrected chi connectivity index (χ0v) is 19.9. The van der Waals surface area contributed by atoms with E-state index in [-0.39, 0.29) is 11.8 Å². The summed E-state index contributed by atoms with van der Waals surface area (Å²) in [6.45, 7) is 12.7. The van der Waals surface area contributed by atoms with Gasteiger partial charge in [0.2, 0.25) is 5.91 Å². The molecule has 2 fully saturated rings. The van der Waals surface area contributed by atoms with Crippen LogP contribution >= 0.6 is 0 Å². The van der Waals surface area contributed by atoms with Crippen molar-refractivity contribution in [3.63, 3.8) is 0 Å². The van der Waals surface area contributed by atoms with Gasteiger partial charge in [-0.3, -0.25) is 4.79 Å². The lowest BCUT2D eigenvalue weighted by atomic mass is 10.0. The molecule has 1 amide bonds. The van der Waals surface area contributed by atoms with E-state index >= 15 is 0 Å². The highest BCUT2D eigenvalue weighted by Gasteiger charge is 2.37. The second-order valence-corrected chi connectivity index (χ2v) is 8.59. The Morgan fingerprint density at radius 3 is 2.69 bits per heavy atom. The number of aryl methyl sites for hydroxylation is 1. The van der Waals surface area contributed by atoms with Crippen LogP contribution in [0.3, 0.4) is 0 Å². The number of hydrogen-bond donors (Lipinski definition) is 1. The topological polar surface area (TPSA) is 57.2 Å². The maximum atomic E-state index is 13.2. The van der Waals surface area contributed by atoms with Gasteiger partial charge in [0, 0.05) is 19.6 Å². The standard InChI is InChI=1S/C26H36N4O2/c1-7-11-20-17-30(21-12-9-10-13-21)25(23(8-2)29(5)26(20)31)28-19(4)27-22-15-14-18(3)16-24(22)32-6/h7-8,14-16,20-21,27H,1,4,9-13,17H2,2-3,5-6H3/b23-8+,28-25+. The number of amidine groups is 1. The van der Waals surface area contributed by atoms with Crippen LogP contribution in [0.2, 0.25) is 0 Å². The number of benzene rings is 1. The average Bonchev–Trinajstić information content (AvgIpc) is 3.29. The lowest BCUT2D eigenvalue weighted by Crippen LogP contribution is -2.42. The van der Waals surface area contributed by atoms with E-state index in [4.69, 9.17) is 9.73 Å². The van der Waals surface area contributed by atoms with Gasteiger partial charge in [0.1, 0.15) is 11.6 Å². The minimum Gasteiger partial charge on any atom is -0.495 e. The number of allylic oxidation sites excluding steroid dienone is 2. The molecule has 0 radical (unpaired) electrons. The van der Waals surface area contributed by atoms with Gasteiger partial charge in [-0.15, -0.1) is 6.58 Å². The summed E-state index contributed by atoms with van der Waals surface area (Å²) >= 11 is 0. The van der Waals surface area contributed by atoms with Gasteiger partial charge < -0.3 is 19.9 Å². The molecule has 1 aromatic rings. The zero-order chi connectivity index (χ0) is 23.3. The Labute approximate surface area is 192 Å².